The van der Waals surface area contributed by atoms with E-state index in [9.17, 15) is 30.0 Å². The monoisotopic (exact) mass is 412 g/mol. The maximum atomic E-state index is 12.4. The smallest absolute Gasteiger partial charge is 0.378 e. The van der Waals surface area contributed by atoms with E-state index >= 15 is 0 Å². The van der Waals surface area contributed by atoms with Gasteiger partial charge in [0, 0.05) is 0 Å². The molecule has 30 heavy (non-hydrogen) atoms. The predicted octanol–water partition coefficient (Wildman–Crippen LogP) is -0.727. The molecule has 1 rings (SSSR count). The first kappa shape index (κ1) is 24.1. The molecule has 1 heterocycles. The second-order valence-corrected chi connectivity index (χ2v) is 5.25. The summed E-state index contributed by atoms with van der Waals surface area (Å²) in [7, 11) is 0. The molecule has 0 aliphatic carbocycles. The molecule has 1 unspecified atom stereocenters. The number of hydrogen-bond donors (Lipinski definition) is 5. The van der Waals surface area contributed by atoms with E-state index in [1.165, 1.54) is 0 Å². The largest absolute Gasteiger partial charge is 0.499 e. The molecule has 0 saturated carbocycles. The molecule has 5 N–H and O–H groups in total. The molecule has 0 aromatic heterocycles. The number of carbonyl (C=O) groups excluding carboxylic acids is 2. The van der Waals surface area contributed by atoms with Crippen LogP contribution >= 0.6 is 0 Å². The van der Waals surface area contributed by atoms with Crippen LogP contribution in [-0.2, 0) is 19.1 Å². The zero-order valence-corrected chi connectivity index (χ0v) is 15.6. The fraction of sp³-hybridized carbons (Fsp3) is 0.286. The van der Waals surface area contributed by atoms with Crippen LogP contribution in [0.1, 0.15) is 6.92 Å². The minimum Gasteiger partial charge on any atom is -0.499 e. The van der Waals surface area contributed by atoms with Gasteiger partial charge in [0.25, 0.3) is 5.60 Å². The van der Waals surface area contributed by atoms with Crippen LogP contribution in [0.3, 0.4) is 0 Å². The van der Waals surface area contributed by atoms with Gasteiger partial charge in [0.15, 0.2) is 0 Å². The third-order valence-electron chi connectivity index (χ3n) is 3.38. The number of rotatable bonds is 7. The van der Waals surface area contributed by atoms with Crippen LogP contribution in [0.2, 0.25) is 0 Å². The lowest BCUT2D eigenvalue weighted by Gasteiger charge is -2.32. The molecule has 0 aromatic rings. The Morgan fingerprint density at radius 3 is 2.17 bits per heavy atom. The lowest BCUT2D eigenvalue weighted by atomic mass is 9.87. The van der Waals surface area contributed by atoms with Crippen molar-refractivity contribution < 1.29 is 44.6 Å². The molecule has 1 aliphatic heterocycles. The minimum atomic E-state index is -2.78. The molecule has 0 saturated heterocycles. The highest BCUT2D eigenvalue weighted by Crippen LogP contribution is 2.37. The van der Waals surface area contributed by atoms with E-state index in [4.69, 9.17) is 14.6 Å². The Hall–Kier alpha value is -3.92. The van der Waals surface area contributed by atoms with Crippen molar-refractivity contribution in [1.29, 1.82) is 0 Å². The topological polar surface area (TPSA) is 154 Å². The average molecular weight is 412 g/mol. The number of aliphatic hydroxyl groups is 5. The van der Waals surface area contributed by atoms with Gasteiger partial charge >= 0.3 is 5.97 Å². The van der Waals surface area contributed by atoms with E-state index in [1.54, 1.807) is 13.0 Å². The number of aliphatic hydroxyl groups excluding tert-OH is 5. The Labute approximate surface area is 170 Å². The third kappa shape index (κ3) is 5.55. The fourth-order valence-electron chi connectivity index (χ4n) is 2.08. The highest BCUT2D eigenvalue weighted by Gasteiger charge is 2.61. The highest BCUT2D eigenvalue weighted by molar-refractivity contribution is 6.03. The number of Topliss-reactive ketones (excluding diaryl/α,β-unsaturated/α-hetero) is 1. The normalized spacial score (nSPS) is 18.2. The van der Waals surface area contributed by atoms with E-state index < -0.39 is 54.3 Å². The van der Waals surface area contributed by atoms with E-state index in [0.717, 1.165) is 0 Å². The second kappa shape index (κ2) is 11.8. The molecule has 9 heteroatoms. The van der Waals surface area contributed by atoms with Crippen molar-refractivity contribution in [1.82, 2.24) is 0 Å². The van der Waals surface area contributed by atoms with Crippen molar-refractivity contribution in [2.75, 3.05) is 13.2 Å². The van der Waals surface area contributed by atoms with E-state index in [0.29, 0.717) is 6.26 Å². The summed E-state index contributed by atoms with van der Waals surface area (Å²) >= 11 is 0. The van der Waals surface area contributed by atoms with Gasteiger partial charge in [-0.25, -0.2) is 4.79 Å². The van der Waals surface area contributed by atoms with Crippen molar-refractivity contribution in [2.24, 2.45) is 0 Å². The fourth-order valence-corrected chi connectivity index (χ4v) is 2.08. The van der Waals surface area contributed by atoms with Crippen molar-refractivity contribution in [3.8, 4) is 0 Å². The highest BCUT2D eigenvalue weighted by atomic mass is 16.6. The molecular weight excluding hydrogens is 396 g/mol. The minimum absolute atomic E-state index is 0.716. The number of hydrogen-bond acceptors (Lipinski definition) is 9. The molecular formula is C21H16O9. The van der Waals surface area contributed by atoms with E-state index in [-0.39, 0.29) is 0 Å². The molecule has 1 aliphatic rings. The second-order valence-electron chi connectivity index (χ2n) is 5.25. The van der Waals surface area contributed by atoms with Crippen LogP contribution in [0.5, 0.6) is 0 Å². The van der Waals surface area contributed by atoms with Crippen LogP contribution in [-0.4, -0.2) is 68.3 Å². The summed E-state index contributed by atoms with van der Waals surface area (Å²) in [5.74, 6) is -4.98. The summed E-state index contributed by atoms with van der Waals surface area (Å²) in [4.78, 5) is 24.1. The first-order valence-corrected chi connectivity index (χ1v) is 8.18. The van der Waals surface area contributed by atoms with Crippen LogP contribution in [0, 0.1) is 0 Å². The average Bonchev–Trinajstić information content (AvgIpc) is 3.01. The molecule has 0 fully saturated rings. The zero-order valence-electron chi connectivity index (χ0n) is 15.6. The van der Waals surface area contributed by atoms with Crippen LogP contribution in [0.15, 0.2) is 75.4 Å². The van der Waals surface area contributed by atoms with E-state index in [1.807, 2.05) is 0 Å². The van der Waals surface area contributed by atoms with Gasteiger partial charge in [0.05, 0.1) is 13.2 Å². The molecule has 0 radical (unpaired) electrons. The number of carbonyl (C=O) groups is 2. The summed E-state index contributed by atoms with van der Waals surface area (Å²) in [5, 5.41) is 47.7. The maximum Gasteiger partial charge on any atom is 0.378 e. The molecule has 0 amide bonds. The van der Waals surface area contributed by atoms with Crippen molar-refractivity contribution in [3.05, 3.63) is 75.4 Å². The van der Waals surface area contributed by atoms with Gasteiger partial charge in [0.2, 0.25) is 17.3 Å². The van der Waals surface area contributed by atoms with Crippen LogP contribution in [0.25, 0.3) is 0 Å². The van der Waals surface area contributed by atoms with Crippen LogP contribution < -0.4 is 0 Å². The predicted molar refractivity (Wildman–Crippen MR) is 97.2 cm³/mol. The van der Waals surface area contributed by atoms with E-state index in [2.05, 4.69) is 51.6 Å². The number of cyclic esters (lactones) is 1. The summed E-state index contributed by atoms with van der Waals surface area (Å²) in [5.41, 5.74) is 18.8. The molecule has 3 atom stereocenters. The lowest BCUT2D eigenvalue weighted by Crippen LogP contribution is -2.57. The van der Waals surface area contributed by atoms with Crippen molar-refractivity contribution in [3.63, 3.8) is 0 Å². The third-order valence-corrected chi connectivity index (χ3v) is 3.38. The van der Waals surface area contributed by atoms with Gasteiger partial charge in [0.1, 0.15) is 18.5 Å². The summed E-state index contributed by atoms with van der Waals surface area (Å²) in [6.45, 7) is -0.442. The number of esters is 1. The maximum absolute atomic E-state index is 12.4. The number of allylic oxidation sites excluding steroid dienone is 1. The van der Waals surface area contributed by atoms with Gasteiger partial charge in [-0.3, -0.25) is 4.79 Å². The van der Waals surface area contributed by atoms with Gasteiger partial charge in [-0.15, -0.1) is 0 Å². The van der Waals surface area contributed by atoms with Crippen LogP contribution in [0.4, 0.5) is 0 Å². The standard InChI is InChI=1S/C21H16O9/c1-2-3-4-5-6-7-8-9-10-11-12-29-19-17(26)20(28)30-21(19,16(25)14-23)18(27)15(24)13-22/h2,12,15-16,22-26H,13-14H2,1H3/t15?,16-,21-/m0/s1. The molecule has 0 aromatic carbocycles. The first-order valence-electron chi connectivity index (χ1n) is 8.18. The summed E-state index contributed by atoms with van der Waals surface area (Å²) in [6.07, 6.45) is -1.89. The zero-order chi connectivity index (χ0) is 22.6. The Morgan fingerprint density at radius 1 is 1.07 bits per heavy atom. The van der Waals surface area contributed by atoms with Gasteiger partial charge in [-0.2, -0.15) is 0 Å². The Kier molecular flexibility index (Phi) is 9.50. The Balaban J connectivity index is 3.40. The quantitative estimate of drug-likeness (QED) is 0.207. The van der Waals surface area contributed by atoms with Crippen molar-refractivity contribution in [2.45, 2.75) is 24.7 Å². The lowest BCUT2D eigenvalue weighted by molar-refractivity contribution is -0.178. The molecule has 0 bridgehead atoms. The Bertz CT molecular complexity index is 1090. The van der Waals surface area contributed by atoms with Gasteiger partial charge < -0.3 is 35.0 Å². The SMILES string of the molecule is CC=C=C=C=C=C=C=C=C=C=COC1=C(O)C(=O)O[C@]1(C(=O)C(O)CO)[C@@H](O)CO. The number of ether oxygens (including phenoxy) is 2. The Morgan fingerprint density at radius 2 is 1.63 bits per heavy atom. The number of ketones is 1. The molecule has 154 valence electrons. The molecule has 0 spiro atoms. The van der Waals surface area contributed by atoms with Crippen molar-refractivity contribution >= 4 is 11.8 Å². The molecule has 9 nitrogen and oxygen atoms in total. The van der Waals surface area contributed by atoms with Gasteiger partial charge in [-0.1, -0.05) is 5.73 Å². The summed E-state index contributed by atoms with van der Waals surface area (Å²) in [6, 6.07) is 0. The first-order chi connectivity index (χ1) is 14.4. The van der Waals surface area contributed by atoms with Gasteiger partial charge in [-0.05, 0) is 58.8 Å². The summed E-state index contributed by atoms with van der Waals surface area (Å²) < 4.78 is 9.68.